The van der Waals surface area contributed by atoms with Crippen molar-refractivity contribution >= 4 is 40.5 Å². The Balaban J connectivity index is 1.61. The molecule has 2 amide bonds. The molecule has 4 aromatic rings. The molecule has 12 nitrogen and oxygen atoms in total. The number of carbonyl (C=O) groups excluding carboxylic acids is 3. The number of hydrogen-bond acceptors (Lipinski definition) is 10. The molecule has 3 atom stereocenters. The number of aromatic nitrogens is 3. The number of methoxy groups -OCH3 is 1. The van der Waals surface area contributed by atoms with Crippen LogP contribution in [0.25, 0.3) is 33.4 Å². The van der Waals surface area contributed by atoms with E-state index in [0.717, 1.165) is 12.8 Å². The number of amides is 2. The number of carbonyl (C=O) groups is 3. The van der Waals surface area contributed by atoms with Gasteiger partial charge in [-0.25, -0.2) is 10.4 Å². The van der Waals surface area contributed by atoms with Crippen molar-refractivity contribution in [3.63, 3.8) is 0 Å². The molecule has 0 aliphatic carbocycles. The Labute approximate surface area is 336 Å². The van der Waals surface area contributed by atoms with Gasteiger partial charge in [0.1, 0.15) is 12.6 Å². The molecule has 5 rings (SSSR count). The number of hydrogen-bond donors (Lipinski definition) is 2. The van der Waals surface area contributed by atoms with Crippen LogP contribution >= 0.6 is 11.3 Å². The lowest BCUT2D eigenvalue weighted by Crippen LogP contribution is -2.58. The zero-order valence-electron chi connectivity index (χ0n) is 33.9. The second-order valence-electron chi connectivity index (χ2n) is 16.0. The molecule has 3 unspecified atom stereocenters. The Hall–Kier alpha value is -4.38. The third-order valence-corrected chi connectivity index (χ3v) is 11.1. The maximum absolute atomic E-state index is 14.4. The van der Waals surface area contributed by atoms with Gasteiger partial charge in [0.2, 0.25) is 5.91 Å². The number of rotatable bonds is 17. The average molecular weight is 814 g/mol. The van der Waals surface area contributed by atoms with E-state index in [1.54, 1.807) is 42.4 Å². The van der Waals surface area contributed by atoms with E-state index in [9.17, 15) is 27.6 Å². The predicted molar refractivity (Wildman–Crippen MR) is 214 cm³/mol. The number of ether oxygens (including phenoxy) is 2. The van der Waals surface area contributed by atoms with Gasteiger partial charge in [0.05, 0.1) is 40.8 Å². The van der Waals surface area contributed by atoms with E-state index in [0.29, 0.717) is 69.2 Å². The zero-order chi connectivity index (χ0) is 41.7. The van der Waals surface area contributed by atoms with Crippen molar-refractivity contribution in [2.75, 3.05) is 40.9 Å². The summed E-state index contributed by atoms with van der Waals surface area (Å²) in [5.74, 6) is -0.500. The van der Waals surface area contributed by atoms with Crippen molar-refractivity contribution in [3.05, 3.63) is 58.2 Å². The summed E-state index contributed by atoms with van der Waals surface area (Å²) < 4.78 is 55.4. The van der Waals surface area contributed by atoms with Crippen LogP contribution in [0.15, 0.2) is 41.9 Å². The Bertz CT molecular complexity index is 2010. The van der Waals surface area contributed by atoms with Gasteiger partial charge < -0.3 is 19.4 Å². The highest BCUT2D eigenvalue weighted by Crippen LogP contribution is 2.43. The van der Waals surface area contributed by atoms with Crippen LogP contribution in [-0.4, -0.2) is 102 Å². The number of alkyl halides is 3. The predicted octanol–water partition coefficient (Wildman–Crippen LogP) is 6.58. The highest BCUT2D eigenvalue weighted by Gasteiger charge is 2.35. The first-order chi connectivity index (χ1) is 26.9. The smallest absolute Gasteiger partial charge is 0.406 e. The monoisotopic (exact) mass is 813 g/mol. The lowest BCUT2D eigenvalue weighted by atomic mass is 9.84. The molecule has 57 heavy (non-hydrogen) atoms. The summed E-state index contributed by atoms with van der Waals surface area (Å²) in [5.41, 5.74) is 6.07. The molecule has 1 saturated heterocycles. The Kier molecular flexibility index (Phi) is 14.2. The van der Waals surface area contributed by atoms with Crippen LogP contribution in [0.2, 0.25) is 0 Å². The average Bonchev–Trinajstić information content (AvgIpc) is 3.74. The molecular formula is C41H54F3N7O5S. The third-order valence-electron chi connectivity index (χ3n) is 10.2. The normalized spacial score (nSPS) is 15.6. The summed E-state index contributed by atoms with van der Waals surface area (Å²) in [4.78, 5) is 49.9. The van der Waals surface area contributed by atoms with Crippen LogP contribution in [0.3, 0.4) is 0 Å². The van der Waals surface area contributed by atoms with Crippen LogP contribution in [0.1, 0.15) is 69.8 Å². The molecule has 1 aromatic carbocycles. The Morgan fingerprint density at radius 1 is 1.14 bits per heavy atom. The van der Waals surface area contributed by atoms with Crippen LogP contribution in [-0.2, 0) is 43.2 Å². The van der Waals surface area contributed by atoms with Crippen LogP contribution in [0, 0.1) is 11.3 Å². The molecule has 0 radical (unpaired) electrons. The van der Waals surface area contributed by atoms with Crippen molar-refractivity contribution < 1.29 is 37.0 Å². The summed E-state index contributed by atoms with van der Waals surface area (Å²) in [6.45, 7) is 9.83. The number of likely N-dealkylation sites (N-methyl/N-ethyl adjacent to an activating group) is 1. The van der Waals surface area contributed by atoms with E-state index >= 15 is 0 Å². The molecule has 0 bridgehead atoms. The molecule has 0 saturated carbocycles. The van der Waals surface area contributed by atoms with E-state index in [4.69, 9.17) is 14.5 Å². The van der Waals surface area contributed by atoms with E-state index in [2.05, 4.69) is 15.7 Å². The van der Waals surface area contributed by atoms with Crippen LogP contribution in [0.4, 0.5) is 13.2 Å². The highest BCUT2D eigenvalue weighted by atomic mass is 32.1. The van der Waals surface area contributed by atoms with E-state index in [1.165, 1.54) is 23.0 Å². The summed E-state index contributed by atoms with van der Waals surface area (Å²) >= 11 is 1.34. The van der Waals surface area contributed by atoms with E-state index in [-0.39, 0.29) is 37.2 Å². The van der Waals surface area contributed by atoms with Crippen molar-refractivity contribution in [3.8, 4) is 22.5 Å². The zero-order valence-corrected chi connectivity index (χ0v) is 34.7. The fourth-order valence-corrected chi connectivity index (χ4v) is 8.47. The van der Waals surface area contributed by atoms with Gasteiger partial charge >= 0.3 is 6.18 Å². The van der Waals surface area contributed by atoms with Crippen molar-refractivity contribution in [1.82, 2.24) is 35.2 Å². The first-order valence-corrected chi connectivity index (χ1v) is 20.0. The minimum Gasteiger partial charge on any atom is -0.467 e. The molecule has 1 aliphatic rings. The van der Waals surface area contributed by atoms with Crippen molar-refractivity contribution in [2.24, 2.45) is 11.3 Å². The maximum Gasteiger partial charge on any atom is 0.406 e. The number of nitrogens with zero attached hydrogens (tertiary/aromatic N) is 5. The number of thiazole rings is 1. The summed E-state index contributed by atoms with van der Waals surface area (Å²) in [6, 6.07) is 7.38. The number of benzene rings is 1. The number of hydrazine groups is 1. The van der Waals surface area contributed by atoms with E-state index in [1.807, 2.05) is 58.1 Å². The van der Waals surface area contributed by atoms with Gasteiger partial charge in [-0.15, -0.1) is 11.3 Å². The number of pyridine rings is 1. The van der Waals surface area contributed by atoms with Gasteiger partial charge in [0, 0.05) is 65.6 Å². The Morgan fingerprint density at radius 2 is 1.89 bits per heavy atom. The minimum absolute atomic E-state index is 0.00195. The largest absolute Gasteiger partial charge is 0.467 e. The quantitative estimate of drug-likeness (QED) is 0.114. The topological polar surface area (TPSA) is 131 Å². The van der Waals surface area contributed by atoms with Crippen LogP contribution in [0.5, 0.6) is 0 Å². The van der Waals surface area contributed by atoms with Crippen molar-refractivity contribution in [1.29, 1.82) is 0 Å². The molecule has 0 spiro atoms. The molecular weight excluding hydrogens is 760 g/mol. The molecule has 3 aromatic heterocycles. The molecule has 16 heteroatoms. The van der Waals surface area contributed by atoms with Crippen LogP contribution < -0.4 is 10.7 Å². The molecule has 1 fully saturated rings. The lowest BCUT2D eigenvalue weighted by molar-refractivity contribution is -0.141. The fourth-order valence-electron chi connectivity index (χ4n) is 7.62. The molecule has 2 N–H and O–H groups in total. The first kappa shape index (κ1) is 43.7. The molecule has 1 aliphatic heterocycles. The fraction of sp³-hybridized carbons (Fsp3) is 0.537. The summed E-state index contributed by atoms with van der Waals surface area (Å²) in [5, 5.41) is 7.64. The Morgan fingerprint density at radius 3 is 2.53 bits per heavy atom. The second-order valence-corrected chi connectivity index (χ2v) is 16.9. The maximum atomic E-state index is 14.4. The second kappa shape index (κ2) is 18.5. The van der Waals surface area contributed by atoms with E-state index < -0.39 is 36.3 Å². The lowest BCUT2D eigenvalue weighted by Gasteiger charge is -2.33. The number of nitrogens with one attached hydrogen (secondary N) is 2. The number of fused-ring (bicyclic) bond motifs is 1. The van der Waals surface area contributed by atoms with Gasteiger partial charge in [-0.05, 0) is 76.0 Å². The SMILES string of the molecule is COC(C)c1ncccc1-c1c(CC(C)(C)COC=O)c2cc(-c3csc(CC(NC(=O)C(C(C)C)N(C)C)C(=O)N4CCCCN4)n3)ccc2n1CC(F)(F)F. The third kappa shape index (κ3) is 10.6. The van der Waals surface area contributed by atoms with Gasteiger partial charge in [0.15, 0.2) is 0 Å². The first-order valence-electron chi connectivity index (χ1n) is 19.2. The van der Waals surface area contributed by atoms with Gasteiger partial charge in [-0.3, -0.25) is 29.3 Å². The number of halogens is 3. The summed E-state index contributed by atoms with van der Waals surface area (Å²) in [7, 11) is 5.18. The van der Waals surface area contributed by atoms with Gasteiger partial charge in [0.25, 0.3) is 12.4 Å². The van der Waals surface area contributed by atoms with Gasteiger partial charge in [-0.1, -0.05) is 33.8 Å². The van der Waals surface area contributed by atoms with Crippen molar-refractivity contribution in [2.45, 2.75) is 91.2 Å². The molecule has 310 valence electrons. The minimum atomic E-state index is -4.55. The highest BCUT2D eigenvalue weighted by molar-refractivity contribution is 7.10. The standard InChI is InChI=1S/C41H54F3N7O5S/c1-25(2)36(49(6)7)38(53)48-31(39(54)51-17-10-9-16-46-51)19-34-47-32(21-57-34)27-13-14-33-29(18-27)30(20-40(4,5)23-56-24-52)37(50(33)22-41(42,43)44)28-12-11-15-45-35(28)26(3)55-8/h11-15,18,21,24-26,31,36,46H,9-10,16-17,19-20,22-23H2,1-8H3,(H,48,53). The molecule has 4 heterocycles. The van der Waals surface area contributed by atoms with Gasteiger partial charge in [-0.2, -0.15) is 13.2 Å². The summed E-state index contributed by atoms with van der Waals surface area (Å²) in [6.07, 6.45) is -1.29.